The van der Waals surface area contributed by atoms with Crippen LogP contribution in [-0.2, 0) is 32.8 Å². The summed E-state index contributed by atoms with van der Waals surface area (Å²) < 4.78 is 54.3. The highest BCUT2D eigenvalue weighted by Gasteiger charge is 2.30. The number of amides is 1. The number of aromatic nitrogens is 1. The summed E-state index contributed by atoms with van der Waals surface area (Å²) in [5.74, 6) is -0.539. The zero-order valence-electron chi connectivity index (χ0n) is 19.9. The van der Waals surface area contributed by atoms with E-state index in [2.05, 4.69) is 11.6 Å². The van der Waals surface area contributed by atoms with Crippen LogP contribution < -0.4 is 9.11 Å². The van der Waals surface area contributed by atoms with E-state index in [1.165, 1.54) is 46.0 Å². The third-order valence-electron chi connectivity index (χ3n) is 6.13. The van der Waals surface area contributed by atoms with Gasteiger partial charge in [0.05, 0.1) is 25.7 Å². The molecule has 0 atom stereocenters. The average Bonchev–Trinajstić information content (AvgIpc) is 3.45. The molecule has 1 aliphatic heterocycles. The maximum absolute atomic E-state index is 13.2. The van der Waals surface area contributed by atoms with E-state index < -0.39 is 25.8 Å². The second-order valence-corrected chi connectivity index (χ2v) is 13.5. The maximum Gasteiger partial charge on any atom is 0.279 e. The van der Waals surface area contributed by atoms with Gasteiger partial charge in [-0.25, -0.2) is 16.8 Å². The zero-order chi connectivity index (χ0) is 26.4. The lowest BCUT2D eigenvalue weighted by Crippen LogP contribution is -2.29. The highest BCUT2D eigenvalue weighted by molar-refractivity contribution is 7.92. The average molecular weight is 554 g/mol. The van der Waals surface area contributed by atoms with Gasteiger partial charge in [-0.1, -0.05) is 35.6 Å². The van der Waals surface area contributed by atoms with E-state index in [1.54, 1.807) is 28.8 Å². The predicted molar refractivity (Wildman–Crippen MR) is 144 cm³/mol. The van der Waals surface area contributed by atoms with E-state index in [9.17, 15) is 21.6 Å². The molecule has 1 aliphatic rings. The lowest BCUT2D eigenvalue weighted by atomic mass is 10.2. The molecule has 190 valence electrons. The molecule has 0 fully saturated rings. The second-order valence-electron chi connectivity index (χ2n) is 8.58. The summed E-state index contributed by atoms with van der Waals surface area (Å²) in [7, 11) is -7.16. The lowest BCUT2D eigenvalue weighted by molar-refractivity contribution is 0.0997. The SMILES string of the molecule is C=CCn1c(=NC(=O)c2ccc(S(=O)(=O)N3CCc4ccccc43)cc2)sc2cc(S(C)(=O)=O)ccc21. The second kappa shape index (κ2) is 9.40. The fraction of sp³-hybridized carbons (Fsp3) is 0.154. The van der Waals surface area contributed by atoms with Crippen LogP contribution in [0, 0.1) is 0 Å². The van der Waals surface area contributed by atoms with Crippen molar-refractivity contribution in [3.8, 4) is 0 Å². The summed E-state index contributed by atoms with van der Waals surface area (Å²) in [6.07, 6.45) is 3.45. The van der Waals surface area contributed by atoms with Crippen molar-refractivity contribution in [3.63, 3.8) is 0 Å². The van der Waals surface area contributed by atoms with Crippen LogP contribution in [0.3, 0.4) is 0 Å². The fourth-order valence-electron chi connectivity index (χ4n) is 4.28. The van der Waals surface area contributed by atoms with Gasteiger partial charge in [-0.15, -0.1) is 6.58 Å². The number of hydrogen-bond acceptors (Lipinski definition) is 6. The molecule has 0 N–H and O–H groups in total. The lowest BCUT2D eigenvalue weighted by Gasteiger charge is -2.19. The number of hydrogen-bond donors (Lipinski definition) is 0. The summed E-state index contributed by atoms with van der Waals surface area (Å²) >= 11 is 1.20. The minimum atomic E-state index is -3.77. The summed E-state index contributed by atoms with van der Waals surface area (Å²) in [5.41, 5.74) is 2.63. The first-order chi connectivity index (χ1) is 17.6. The van der Waals surface area contributed by atoms with Gasteiger partial charge in [0.1, 0.15) is 0 Å². The zero-order valence-corrected chi connectivity index (χ0v) is 22.3. The molecule has 11 heteroatoms. The number of carbonyl (C=O) groups is 1. The van der Waals surface area contributed by atoms with Crippen LogP contribution in [0.2, 0.25) is 0 Å². The van der Waals surface area contributed by atoms with Crippen LogP contribution in [-0.4, -0.2) is 40.1 Å². The number of nitrogens with zero attached hydrogens (tertiary/aromatic N) is 3. The number of para-hydroxylation sites is 1. The molecular formula is C26H23N3O5S3. The normalized spacial score (nSPS) is 14.2. The molecule has 1 amide bonds. The van der Waals surface area contributed by atoms with Crippen LogP contribution in [0.25, 0.3) is 10.2 Å². The molecule has 8 nitrogen and oxygen atoms in total. The van der Waals surface area contributed by atoms with E-state index in [0.29, 0.717) is 34.7 Å². The van der Waals surface area contributed by atoms with Crippen LogP contribution >= 0.6 is 11.3 Å². The standard InChI is InChI=1S/C26H23N3O5S3/c1-3-15-28-23-13-12-21(36(2,31)32)17-24(23)35-26(28)27-25(30)19-8-10-20(11-9-19)37(33,34)29-16-14-18-6-4-5-7-22(18)29/h3-13,17H,1,14-16H2,2H3. The highest BCUT2D eigenvalue weighted by atomic mass is 32.2. The Bertz CT molecular complexity index is 1830. The number of rotatable bonds is 6. The number of carbonyl (C=O) groups excluding carboxylic acids is 1. The molecule has 5 rings (SSSR count). The van der Waals surface area contributed by atoms with Crippen molar-refractivity contribution in [2.75, 3.05) is 17.1 Å². The van der Waals surface area contributed by atoms with Crippen molar-refractivity contribution >= 4 is 53.0 Å². The predicted octanol–water partition coefficient (Wildman–Crippen LogP) is 3.78. The number of allylic oxidation sites excluding steroid dienone is 1. The summed E-state index contributed by atoms with van der Waals surface area (Å²) in [5, 5.41) is 0. The Hall–Kier alpha value is -3.54. The third-order valence-corrected chi connectivity index (χ3v) is 10.1. The Labute approximate surface area is 218 Å². The largest absolute Gasteiger partial charge is 0.312 e. The van der Waals surface area contributed by atoms with E-state index in [4.69, 9.17) is 0 Å². The summed E-state index contributed by atoms with van der Waals surface area (Å²) in [6.45, 7) is 4.50. The van der Waals surface area contributed by atoms with Crippen LogP contribution in [0.5, 0.6) is 0 Å². The van der Waals surface area contributed by atoms with Gasteiger partial charge in [0.25, 0.3) is 15.9 Å². The maximum atomic E-state index is 13.2. The van der Waals surface area contributed by atoms with E-state index >= 15 is 0 Å². The minimum absolute atomic E-state index is 0.0950. The number of sulfone groups is 1. The van der Waals surface area contributed by atoms with Crippen LogP contribution in [0.15, 0.2) is 94.2 Å². The molecule has 3 aromatic carbocycles. The van der Waals surface area contributed by atoms with Gasteiger partial charge >= 0.3 is 0 Å². The van der Waals surface area contributed by atoms with Crippen LogP contribution in [0.4, 0.5) is 5.69 Å². The van der Waals surface area contributed by atoms with Gasteiger partial charge in [0, 0.05) is 24.9 Å². The molecule has 0 saturated carbocycles. The summed E-state index contributed by atoms with van der Waals surface area (Å²) in [4.78, 5) is 17.9. The monoisotopic (exact) mass is 553 g/mol. The molecular weight excluding hydrogens is 531 g/mol. The highest BCUT2D eigenvalue weighted by Crippen LogP contribution is 2.32. The minimum Gasteiger partial charge on any atom is -0.312 e. The van der Waals surface area contributed by atoms with Gasteiger partial charge < -0.3 is 4.57 Å². The Kier molecular flexibility index (Phi) is 6.38. The Balaban J connectivity index is 1.48. The molecule has 0 saturated heterocycles. The molecule has 2 heterocycles. The van der Waals surface area contributed by atoms with Gasteiger partial charge in [-0.05, 0) is 60.5 Å². The van der Waals surface area contributed by atoms with Crippen molar-refractivity contribution in [2.45, 2.75) is 22.8 Å². The van der Waals surface area contributed by atoms with E-state index in [-0.39, 0.29) is 15.4 Å². The van der Waals surface area contributed by atoms with Gasteiger partial charge in [-0.3, -0.25) is 9.10 Å². The number of anilines is 1. The smallest absolute Gasteiger partial charge is 0.279 e. The number of thiazole rings is 1. The molecule has 37 heavy (non-hydrogen) atoms. The number of sulfonamides is 1. The molecule has 4 aromatic rings. The van der Waals surface area contributed by atoms with E-state index in [1.807, 2.05) is 18.2 Å². The molecule has 0 aliphatic carbocycles. The van der Waals surface area contributed by atoms with Crippen molar-refractivity contribution < 1.29 is 21.6 Å². The summed E-state index contributed by atoms with van der Waals surface area (Å²) in [6, 6.07) is 17.9. The fourth-order valence-corrected chi connectivity index (χ4v) is 7.58. The van der Waals surface area contributed by atoms with E-state index in [0.717, 1.165) is 17.3 Å². The van der Waals surface area contributed by atoms with Crippen molar-refractivity contribution in [2.24, 2.45) is 4.99 Å². The first-order valence-electron chi connectivity index (χ1n) is 11.3. The number of fused-ring (bicyclic) bond motifs is 2. The Morgan fingerprint density at radius 1 is 1.03 bits per heavy atom. The molecule has 0 unspecified atom stereocenters. The first kappa shape index (κ1) is 25.1. The molecule has 0 spiro atoms. The third kappa shape index (κ3) is 4.65. The Morgan fingerprint density at radius 3 is 2.43 bits per heavy atom. The van der Waals surface area contributed by atoms with Gasteiger partial charge in [0.2, 0.25) is 0 Å². The molecule has 1 aromatic heterocycles. The quantitative estimate of drug-likeness (QED) is 0.338. The molecule has 0 radical (unpaired) electrons. The van der Waals surface area contributed by atoms with Crippen molar-refractivity contribution in [3.05, 3.63) is 95.3 Å². The molecule has 0 bridgehead atoms. The van der Waals surface area contributed by atoms with Crippen molar-refractivity contribution in [1.82, 2.24) is 4.57 Å². The van der Waals surface area contributed by atoms with Crippen LogP contribution in [0.1, 0.15) is 15.9 Å². The van der Waals surface area contributed by atoms with Gasteiger partial charge in [0.15, 0.2) is 14.6 Å². The van der Waals surface area contributed by atoms with Gasteiger partial charge in [-0.2, -0.15) is 4.99 Å². The Morgan fingerprint density at radius 2 is 1.73 bits per heavy atom. The topological polar surface area (TPSA) is 106 Å². The first-order valence-corrected chi connectivity index (χ1v) is 15.5. The number of benzene rings is 3. The van der Waals surface area contributed by atoms with Crippen molar-refractivity contribution in [1.29, 1.82) is 0 Å².